The predicted octanol–water partition coefficient (Wildman–Crippen LogP) is 7.71. The second-order valence-corrected chi connectivity index (χ2v) is 9.21. The summed E-state index contributed by atoms with van der Waals surface area (Å²) in [7, 11) is 0. The number of hydrogen-bond donors (Lipinski definition) is 1. The number of benzene rings is 3. The van der Waals surface area contributed by atoms with Crippen molar-refractivity contribution >= 4 is 69.2 Å². The summed E-state index contributed by atoms with van der Waals surface area (Å²) in [6.45, 7) is 0. The van der Waals surface area contributed by atoms with E-state index in [1.54, 1.807) is 65.2 Å². The maximum atomic E-state index is 13.3. The van der Waals surface area contributed by atoms with Gasteiger partial charge in [0.25, 0.3) is 5.56 Å². The lowest BCUT2D eigenvalue weighted by Gasteiger charge is -2.11. The molecule has 5 rings (SSSR count). The first kappa shape index (κ1) is 22.3. The van der Waals surface area contributed by atoms with Gasteiger partial charge < -0.3 is 4.98 Å². The fourth-order valence-electron chi connectivity index (χ4n) is 3.48. The van der Waals surface area contributed by atoms with Crippen molar-refractivity contribution in [3.8, 4) is 28.5 Å². The van der Waals surface area contributed by atoms with E-state index in [0.717, 1.165) is 0 Å². The van der Waals surface area contributed by atoms with E-state index in [1.807, 2.05) is 0 Å². The highest BCUT2D eigenvalue weighted by molar-refractivity contribution is 6.36. The fourth-order valence-corrected chi connectivity index (χ4v) is 4.48. The smallest absolute Gasteiger partial charge is 0.277 e. The van der Waals surface area contributed by atoms with E-state index in [-0.39, 0.29) is 17.0 Å². The summed E-state index contributed by atoms with van der Waals surface area (Å²) in [5.74, 6) is 0.710. The van der Waals surface area contributed by atoms with E-state index < -0.39 is 5.56 Å². The zero-order valence-corrected chi connectivity index (χ0v) is 20.2. The summed E-state index contributed by atoms with van der Waals surface area (Å²) in [6.07, 6.45) is 0. The minimum Gasteiger partial charge on any atom is -0.305 e. The van der Waals surface area contributed by atoms with Crippen LogP contribution in [0.3, 0.4) is 0 Å². The first-order valence-electron chi connectivity index (χ1n) is 9.51. The second-order valence-electron chi connectivity index (χ2n) is 7.08. The van der Waals surface area contributed by atoms with Gasteiger partial charge in [0.2, 0.25) is 0 Å². The molecule has 0 saturated heterocycles. The predicted molar refractivity (Wildman–Crippen MR) is 135 cm³/mol. The first-order chi connectivity index (χ1) is 15.8. The van der Waals surface area contributed by atoms with Crippen LogP contribution in [0.1, 0.15) is 0 Å². The van der Waals surface area contributed by atoms with Crippen molar-refractivity contribution in [2.24, 2.45) is 0 Å². The number of nitrogens with one attached hydrogen (secondary N) is 1. The van der Waals surface area contributed by atoms with Crippen LogP contribution in [-0.4, -0.2) is 19.5 Å². The van der Waals surface area contributed by atoms with E-state index in [9.17, 15) is 4.79 Å². The molecule has 0 amide bonds. The standard InChI is InChI=1S/C23H11Cl5N4O/c24-12-3-1-11(2-4-12)22-30-21-19(32(22)18-10-14(26)6-8-16(18)27)23(33)31-20(29-21)15-7-5-13(25)9-17(15)28/h1-10H,(H,29,31,33). The molecule has 2 aromatic heterocycles. The van der Waals surface area contributed by atoms with Crippen LogP contribution in [0.5, 0.6) is 0 Å². The lowest BCUT2D eigenvalue weighted by Crippen LogP contribution is -2.13. The lowest BCUT2D eigenvalue weighted by molar-refractivity contribution is 1.08. The summed E-state index contributed by atoms with van der Waals surface area (Å²) in [6, 6.07) is 17.0. The summed E-state index contributed by atoms with van der Waals surface area (Å²) in [5.41, 5.74) is 1.70. The van der Waals surface area contributed by atoms with Crippen LogP contribution in [0.4, 0.5) is 0 Å². The van der Waals surface area contributed by atoms with Crippen LogP contribution < -0.4 is 5.56 Å². The highest BCUT2D eigenvalue weighted by Gasteiger charge is 2.22. The number of imidazole rings is 1. The van der Waals surface area contributed by atoms with Gasteiger partial charge in [-0.2, -0.15) is 0 Å². The van der Waals surface area contributed by atoms with Crippen molar-refractivity contribution in [1.82, 2.24) is 19.5 Å². The number of fused-ring (bicyclic) bond motifs is 1. The second kappa shape index (κ2) is 8.67. The third kappa shape index (κ3) is 4.12. The van der Waals surface area contributed by atoms with Gasteiger partial charge in [-0.3, -0.25) is 9.36 Å². The Hall–Kier alpha value is -2.54. The van der Waals surface area contributed by atoms with E-state index in [2.05, 4.69) is 15.0 Å². The average molecular weight is 537 g/mol. The Morgan fingerprint density at radius 1 is 0.727 bits per heavy atom. The third-order valence-corrected chi connectivity index (χ3v) is 6.32. The Balaban J connectivity index is 1.85. The van der Waals surface area contributed by atoms with Crippen LogP contribution in [0, 0.1) is 0 Å². The minimum absolute atomic E-state index is 0.206. The molecule has 0 saturated carbocycles. The lowest BCUT2D eigenvalue weighted by atomic mass is 10.2. The maximum absolute atomic E-state index is 13.3. The number of aromatic amines is 1. The van der Waals surface area contributed by atoms with Crippen molar-refractivity contribution in [2.75, 3.05) is 0 Å². The van der Waals surface area contributed by atoms with Gasteiger partial charge >= 0.3 is 0 Å². The van der Waals surface area contributed by atoms with Gasteiger partial charge in [-0.25, -0.2) is 9.97 Å². The van der Waals surface area contributed by atoms with Crippen molar-refractivity contribution in [2.45, 2.75) is 0 Å². The van der Waals surface area contributed by atoms with E-state index in [1.165, 1.54) is 0 Å². The van der Waals surface area contributed by atoms with Gasteiger partial charge in [-0.1, -0.05) is 58.0 Å². The normalized spacial score (nSPS) is 11.3. The fraction of sp³-hybridized carbons (Fsp3) is 0. The molecule has 0 aliphatic carbocycles. The van der Waals surface area contributed by atoms with Crippen LogP contribution in [-0.2, 0) is 0 Å². The number of H-pyrrole nitrogens is 1. The van der Waals surface area contributed by atoms with Gasteiger partial charge in [-0.05, 0) is 60.7 Å². The molecular formula is C23H11Cl5N4O. The third-order valence-electron chi connectivity index (χ3n) is 4.96. The number of hydrogen-bond acceptors (Lipinski definition) is 3. The van der Waals surface area contributed by atoms with E-state index in [4.69, 9.17) is 58.0 Å². The van der Waals surface area contributed by atoms with E-state index in [0.29, 0.717) is 47.8 Å². The molecule has 33 heavy (non-hydrogen) atoms. The van der Waals surface area contributed by atoms with Crippen molar-refractivity contribution in [1.29, 1.82) is 0 Å². The van der Waals surface area contributed by atoms with Crippen LogP contribution in [0.25, 0.3) is 39.6 Å². The SMILES string of the molecule is O=c1[nH]c(-c2ccc(Cl)cc2Cl)nc2nc(-c3ccc(Cl)cc3)n(-c3cc(Cl)ccc3Cl)c12. The molecule has 1 N–H and O–H groups in total. The molecule has 0 unspecified atom stereocenters. The highest BCUT2D eigenvalue weighted by Crippen LogP contribution is 2.33. The highest BCUT2D eigenvalue weighted by atomic mass is 35.5. The molecule has 3 aromatic carbocycles. The van der Waals surface area contributed by atoms with E-state index >= 15 is 0 Å². The van der Waals surface area contributed by atoms with Crippen molar-refractivity contribution < 1.29 is 0 Å². The Bertz CT molecular complexity index is 1590. The molecule has 0 radical (unpaired) electrons. The van der Waals surface area contributed by atoms with Gasteiger partial charge in [0.15, 0.2) is 11.2 Å². The average Bonchev–Trinajstić information content (AvgIpc) is 3.16. The van der Waals surface area contributed by atoms with Crippen LogP contribution in [0.2, 0.25) is 25.1 Å². The summed E-state index contributed by atoms with van der Waals surface area (Å²) in [4.78, 5) is 25.4. The number of aromatic nitrogens is 4. The molecule has 0 bridgehead atoms. The minimum atomic E-state index is -0.426. The van der Waals surface area contributed by atoms with Crippen molar-refractivity contribution in [3.63, 3.8) is 0 Å². The molecule has 0 aliphatic heterocycles. The van der Waals surface area contributed by atoms with Crippen LogP contribution >= 0.6 is 58.0 Å². The van der Waals surface area contributed by atoms with Gasteiger partial charge in [0.1, 0.15) is 11.6 Å². The Kier molecular flexibility index (Phi) is 5.85. The molecule has 10 heteroatoms. The monoisotopic (exact) mass is 534 g/mol. The molecule has 0 aliphatic rings. The Morgan fingerprint density at radius 2 is 1.39 bits per heavy atom. The summed E-state index contributed by atoms with van der Waals surface area (Å²) in [5, 5.41) is 2.22. The molecule has 5 aromatic rings. The number of rotatable bonds is 3. The van der Waals surface area contributed by atoms with Gasteiger partial charge in [0, 0.05) is 26.2 Å². The molecule has 0 spiro atoms. The zero-order valence-electron chi connectivity index (χ0n) is 16.4. The van der Waals surface area contributed by atoms with Crippen molar-refractivity contribution in [3.05, 3.63) is 96.1 Å². The Morgan fingerprint density at radius 3 is 2.12 bits per heavy atom. The molecular weight excluding hydrogens is 526 g/mol. The molecule has 0 atom stereocenters. The molecule has 0 fully saturated rings. The largest absolute Gasteiger partial charge is 0.305 e. The zero-order chi connectivity index (χ0) is 23.3. The number of nitrogens with zero attached hydrogens (tertiary/aromatic N) is 3. The summed E-state index contributed by atoms with van der Waals surface area (Å²) >= 11 is 31.1. The first-order valence-corrected chi connectivity index (χ1v) is 11.4. The van der Waals surface area contributed by atoms with Gasteiger partial charge in [0.05, 0.1) is 15.7 Å². The topological polar surface area (TPSA) is 63.6 Å². The maximum Gasteiger partial charge on any atom is 0.277 e. The van der Waals surface area contributed by atoms with Gasteiger partial charge in [-0.15, -0.1) is 0 Å². The number of halogens is 5. The quantitative estimate of drug-likeness (QED) is 0.257. The molecule has 164 valence electrons. The summed E-state index contributed by atoms with van der Waals surface area (Å²) < 4.78 is 1.63. The Labute approximate surface area is 212 Å². The molecule has 5 nitrogen and oxygen atoms in total. The molecule has 2 heterocycles. The van der Waals surface area contributed by atoms with Crippen LogP contribution in [0.15, 0.2) is 65.5 Å².